The van der Waals surface area contributed by atoms with Gasteiger partial charge < -0.3 is 22.1 Å². The number of azo groups is 1. The predicted octanol–water partition coefficient (Wildman–Crippen LogP) is 8.00. The number of nitrogens with zero attached hydrogens (tertiary/aromatic N) is 7. The monoisotopic (exact) mass is 603 g/mol. The summed E-state index contributed by atoms with van der Waals surface area (Å²) in [5.74, 6) is 0.439. The van der Waals surface area contributed by atoms with Gasteiger partial charge in [0.15, 0.2) is 28.8 Å². The number of pyridine rings is 1. The van der Waals surface area contributed by atoms with Crippen LogP contribution in [0.1, 0.15) is 5.56 Å². The first-order chi connectivity index (χ1) is 22.6. The summed E-state index contributed by atoms with van der Waals surface area (Å²) in [7, 11) is 0. The highest BCUT2D eigenvalue weighted by Crippen LogP contribution is 2.34. The Morgan fingerprint density at radius 2 is 1.26 bits per heavy atom. The maximum absolute atomic E-state index is 6.37. The molecule has 0 atom stereocenters. The third kappa shape index (κ3) is 6.06. The van der Waals surface area contributed by atoms with E-state index in [9.17, 15) is 0 Å². The Labute approximate surface area is 264 Å². The highest BCUT2D eigenvalue weighted by molar-refractivity contribution is 5.92. The second-order valence-corrected chi connectivity index (χ2v) is 10.4. The topological polar surface area (TPSA) is 157 Å². The zero-order valence-corrected chi connectivity index (χ0v) is 24.6. The van der Waals surface area contributed by atoms with Crippen LogP contribution in [0.4, 0.5) is 45.8 Å². The van der Waals surface area contributed by atoms with E-state index in [4.69, 9.17) is 21.5 Å². The molecule has 0 aliphatic heterocycles. The van der Waals surface area contributed by atoms with Crippen LogP contribution in [0.3, 0.4) is 0 Å². The first kappa shape index (κ1) is 28.2. The summed E-state index contributed by atoms with van der Waals surface area (Å²) in [6.07, 6.45) is 1.78. The van der Waals surface area contributed by atoms with Crippen molar-refractivity contribution in [1.29, 1.82) is 0 Å². The molecule has 7 rings (SSSR count). The number of hydrogen-bond donors (Lipinski definition) is 4. The molecule has 0 radical (unpaired) electrons. The molecule has 0 spiro atoms. The molecule has 3 heterocycles. The number of nitrogen functional groups attached to an aromatic ring is 2. The molecule has 0 saturated heterocycles. The molecule has 0 aliphatic carbocycles. The smallest absolute Gasteiger partial charge is 0.184 e. The van der Waals surface area contributed by atoms with E-state index in [1.807, 2.05) is 120 Å². The highest BCUT2D eigenvalue weighted by Gasteiger charge is 2.20. The van der Waals surface area contributed by atoms with Crippen LogP contribution in [0.2, 0.25) is 0 Å². The minimum absolute atomic E-state index is 0.0915. The van der Waals surface area contributed by atoms with E-state index in [0.717, 1.165) is 33.7 Å². The summed E-state index contributed by atoms with van der Waals surface area (Å²) in [6, 6.07) is 39.3. The second-order valence-electron chi connectivity index (χ2n) is 10.4. The molecule has 0 fully saturated rings. The Balaban J connectivity index is 1.30. The van der Waals surface area contributed by atoms with Crippen molar-refractivity contribution < 1.29 is 0 Å². The highest BCUT2D eigenvalue weighted by atomic mass is 15.3. The first-order valence-corrected chi connectivity index (χ1v) is 14.6. The van der Waals surface area contributed by atoms with Crippen molar-refractivity contribution in [2.75, 3.05) is 22.1 Å². The summed E-state index contributed by atoms with van der Waals surface area (Å²) in [4.78, 5) is 14.0. The number of benzene rings is 4. The standard InChI is InChI=1S/C35H29N11/c36-32-31(44-43-26-17-8-3-9-18-26)33(37)42-34(41-32)30-28-20-27(39-24-13-4-1-5-14-24)21-38-35(28)46(45-30)22-23-12-10-11-19-29(23)40-25-15-6-2-7-16-25/h1-21,39-40H,22H2,(H4,36,37,41,42). The number of nitrogens with two attached hydrogens (primary N) is 2. The summed E-state index contributed by atoms with van der Waals surface area (Å²) in [5.41, 5.74) is 19.4. The maximum Gasteiger partial charge on any atom is 0.184 e. The largest absolute Gasteiger partial charge is 0.382 e. The zero-order chi connectivity index (χ0) is 31.3. The number of rotatable bonds is 9. The second kappa shape index (κ2) is 12.5. The number of anilines is 6. The number of aromatic nitrogens is 5. The molecule has 0 amide bonds. The molecule has 0 unspecified atom stereocenters. The van der Waals surface area contributed by atoms with Gasteiger partial charge in [0, 0.05) is 17.1 Å². The van der Waals surface area contributed by atoms with Gasteiger partial charge in [-0.3, -0.25) is 0 Å². The van der Waals surface area contributed by atoms with Crippen LogP contribution in [0.5, 0.6) is 0 Å². The zero-order valence-electron chi connectivity index (χ0n) is 24.6. The molecule has 7 aromatic rings. The Hall–Kier alpha value is -6.62. The summed E-state index contributed by atoms with van der Waals surface area (Å²) in [6.45, 7) is 0.430. The molecule has 11 nitrogen and oxygen atoms in total. The van der Waals surface area contributed by atoms with Crippen LogP contribution in [0.15, 0.2) is 138 Å². The minimum Gasteiger partial charge on any atom is -0.382 e. The number of hydrogen-bond acceptors (Lipinski definition) is 10. The molecule has 4 aromatic carbocycles. The van der Waals surface area contributed by atoms with Crippen LogP contribution in [-0.4, -0.2) is 24.7 Å². The molecular formula is C35H29N11. The fourth-order valence-corrected chi connectivity index (χ4v) is 5.01. The minimum atomic E-state index is 0.0915. The van der Waals surface area contributed by atoms with Gasteiger partial charge in [0.25, 0.3) is 0 Å². The van der Waals surface area contributed by atoms with Crippen molar-refractivity contribution in [3.63, 3.8) is 0 Å². The van der Waals surface area contributed by atoms with Gasteiger partial charge in [-0.05, 0) is 54.1 Å². The molecule has 0 aliphatic rings. The average molecular weight is 604 g/mol. The quantitative estimate of drug-likeness (QED) is 0.121. The van der Waals surface area contributed by atoms with Gasteiger partial charge in [0.2, 0.25) is 0 Å². The predicted molar refractivity (Wildman–Crippen MR) is 183 cm³/mol. The fourth-order valence-electron chi connectivity index (χ4n) is 5.01. The molecule has 224 valence electrons. The molecule has 0 bridgehead atoms. The first-order valence-electron chi connectivity index (χ1n) is 14.6. The van der Waals surface area contributed by atoms with Gasteiger partial charge in [-0.25, -0.2) is 19.6 Å². The molecule has 3 aromatic heterocycles. The van der Waals surface area contributed by atoms with E-state index in [1.165, 1.54) is 0 Å². The molecule has 11 heteroatoms. The lowest BCUT2D eigenvalue weighted by atomic mass is 10.1. The lowest BCUT2D eigenvalue weighted by Gasteiger charge is -2.12. The normalized spacial score (nSPS) is 11.2. The van der Waals surface area contributed by atoms with Crippen molar-refractivity contribution >= 4 is 56.8 Å². The van der Waals surface area contributed by atoms with Crippen molar-refractivity contribution in [3.05, 3.63) is 133 Å². The molecule has 46 heavy (non-hydrogen) atoms. The Kier molecular flexibility index (Phi) is 7.68. The van der Waals surface area contributed by atoms with E-state index < -0.39 is 0 Å². The lowest BCUT2D eigenvalue weighted by molar-refractivity contribution is 0.707. The Morgan fingerprint density at radius 1 is 0.652 bits per heavy atom. The van der Waals surface area contributed by atoms with Gasteiger partial charge >= 0.3 is 0 Å². The van der Waals surface area contributed by atoms with Gasteiger partial charge in [-0.2, -0.15) is 10.2 Å². The van der Waals surface area contributed by atoms with Crippen LogP contribution in [0, 0.1) is 0 Å². The molecule has 6 N–H and O–H groups in total. The van der Waals surface area contributed by atoms with E-state index in [0.29, 0.717) is 23.6 Å². The molecular weight excluding hydrogens is 574 g/mol. The van der Waals surface area contributed by atoms with Crippen molar-refractivity contribution in [3.8, 4) is 11.5 Å². The SMILES string of the molecule is Nc1nc(-c2nn(Cc3ccccc3Nc3ccccc3)c3ncc(Nc4ccccc4)cc23)nc(N)c1N=Nc1ccccc1. The van der Waals surface area contributed by atoms with Gasteiger partial charge in [-0.1, -0.05) is 72.8 Å². The fraction of sp³-hybridized carbons (Fsp3) is 0.0286. The summed E-state index contributed by atoms with van der Waals surface area (Å²) >= 11 is 0. The van der Waals surface area contributed by atoms with E-state index in [1.54, 1.807) is 6.20 Å². The number of para-hydroxylation sites is 3. The summed E-state index contributed by atoms with van der Waals surface area (Å²) in [5, 5.41) is 21.1. The van der Waals surface area contributed by atoms with Crippen molar-refractivity contribution in [2.24, 2.45) is 10.2 Å². The van der Waals surface area contributed by atoms with Crippen molar-refractivity contribution in [2.45, 2.75) is 6.54 Å². The number of nitrogens with one attached hydrogen (secondary N) is 2. The van der Waals surface area contributed by atoms with Crippen LogP contribution in [-0.2, 0) is 6.54 Å². The lowest BCUT2D eigenvalue weighted by Crippen LogP contribution is -2.06. The molecule has 0 saturated carbocycles. The Morgan fingerprint density at radius 3 is 1.96 bits per heavy atom. The van der Waals surface area contributed by atoms with E-state index >= 15 is 0 Å². The van der Waals surface area contributed by atoms with Crippen LogP contribution in [0.25, 0.3) is 22.6 Å². The van der Waals surface area contributed by atoms with Gasteiger partial charge in [0.05, 0.1) is 29.5 Å². The summed E-state index contributed by atoms with van der Waals surface area (Å²) < 4.78 is 1.83. The maximum atomic E-state index is 6.37. The van der Waals surface area contributed by atoms with E-state index in [-0.39, 0.29) is 23.1 Å². The van der Waals surface area contributed by atoms with Crippen LogP contribution < -0.4 is 22.1 Å². The number of fused-ring (bicyclic) bond motifs is 1. The Bertz CT molecular complexity index is 2120. The van der Waals surface area contributed by atoms with Crippen molar-refractivity contribution in [1.82, 2.24) is 24.7 Å². The third-order valence-corrected chi connectivity index (χ3v) is 7.21. The third-order valence-electron chi connectivity index (χ3n) is 7.21. The van der Waals surface area contributed by atoms with Gasteiger partial charge in [-0.15, -0.1) is 5.11 Å². The van der Waals surface area contributed by atoms with Crippen LogP contribution >= 0.6 is 0 Å². The van der Waals surface area contributed by atoms with Gasteiger partial charge in [0.1, 0.15) is 5.69 Å². The van der Waals surface area contributed by atoms with E-state index in [2.05, 4.69) is 36.9 Å². The average Bonchev–Trinajstić information content (AvgIpc) is 3.44.